The van der Waals surface area contributed by atoms with E-state index < -0.39 is 0 Å². The number of benzene rings is 8. The molecule has 0 radical (unpaired) electrons. The summed E-state index contributed by atoms with van der Waals surface area (Å²) in [6.07, 6.45) is 17.5. The average Bonchev–Trinajstić information content (AvgIpc) is 3.27. The first-order valence-corrected chi connectivity index (χ1v) is 20.1. The largest absolute Gasteiger partial charge is 0.0984 e. The van der Waals surface area contributed by atoms with Crippen molar-refractivity contribution in [2.24, 2.45) is 0 Å². The second-order valence-corrected chi connectivity index (χ2v) is 14.4. The standard InChI is InChI=1S/C54H42.C2H6/c1-3-42-44-25-13-16-28-48(44)53-36-52(49-29-17-18-30-50(49)54(53)51(42)34-31-37(2)38-19-7-6-8-20-38)47-24-10-5-4-9-23-43(45-26-14-15-27-46(45)47)41-33-32-39-21-11-12-22-40(39)35-41;1-2/h3-22,25-37H,1,23-24H2,2H3;1-2H3/b9-4-,10-5-,34-31-,45-43+,47-46+;. The molecule has 0 bridgehead atoms. The van der Waals surface area contributed by atoms with Gasteiger partial charge in [-0.1, -0.05) is 209 Å². The van der Waals surface area contributed by atoms with E-state index in [2.05, 4.69) is 202 Å². The van der Waals surface area contributed by atoms with Crippen LogP contribution in [0, 0.1) is 0 Å². The van der Waals surface area contributed by atoms with E-state index in [1.807, 2.05) is 19.9 Å². The number of allylic oxidation sites excluding steroid dienone is 5. The van der Waals surface area contributed by atoms with E-state index in [4.69, 9.17) is 0 Å². The van der Waals surface area contributed by atoms with E-state index in [1.54, 1.807) is 0 Å². The Labute approximate surface area is 331 Å². The van der Waals surface area contributed by atoms with Crippen LogP contribution < -0.4 is 10.4 Å². The number of hydrogen-bond acceptors (Lipinski definition) is 0. The topological polar surface area (TPSA) is 0 Å². The fourth-order valence-corrected chi connectivity index (χ4v) is 8.53. The lowest BCUT2D eigenvalue weighted by molar-refractivity contribution is 0.973. The van der Waals surface area contributed by atoms with Gasteiger partial charge in [0.1, 0.15) is 0 Å². The Balaban J connectivity index is 0.00000217. The first kappa shape index (κ1) is 36.5. The van der Waals surface area contributed by atoms with E-state index in [-0.39, 0.29) is 5.92 Å². The third-order valence-corrected chi connectivity index (χ3v) is 11.2. The molecule has 0 amide bonds. The van der Waals surface area contributed by atoms with E-state index in [0.29, 0.717) is 0 Å². The summed E-state index contributed by atoms with van der Waals surface area (Å²) in [6, 6.07) is 55.8. The molecule has 0 saturated carbocycles. The lowest BCUT2D eigenvalue weighted by Crippen LogP contribution is -2.30. The summed E-state index contributed by atoms with van der Waals surface area (Å²) in [6.45, 7) is 10.6. The highest BCUT2D eigenvalue weighted by atomic mass is 14.2. The van der Waals surface area contributed by atoms with Gasteiger partial charge in [-0.25, -0.2) is 0 Å². The molecule has 9 rings (SSSR count). The van der Waals surface area contributed by atoms with Gasteiger partial charge < -0.3 is 0 Å². The summed E-state index contributed by atoms with van der Waals surface area (Å²) in [5.74, 6) is 0.264. The van der Waals surface area contributed by atoms with Crippen LogP contribution >= 0.6 is 0 Å². The van der Waals surface area contributed by atoms with Crippen molar-refractivity contribution in [3.63, 3.8) is 0 Å². The van der Waals surface area contributed by atoms with Crippen molar-refractivity contribution in [2.45, 2.75) is 39.5 Å². The van der Waals surface area contributed by atoms with Gasteiger partial charge in [0, 0.05) is 0 Å². The summed E-state index contributed by atoms with van der Waals surface area (Å²) in [7, 11) is 0. The molecule has 1 unspecified atom stereocenters. The van der Waals surface area contributed by atoms with Gasteiger partial charge in [0.05, 0.1) is 0 Å². The third-order valence-electron chi connectivity index (χ3n) is 11.2. The lowest BCUT2D eigenvalue weighted by atomic mass is 9.84. The lowest BCUT2D eigenvalue weighted by Gasteiger charge is -2.20. The molecule has 0 heteroatoms. The van der Waals surface area contributed by atoms with Gasteiger partial charge in [-0.2, -0.15) is 0 Å². The maximum atomic E-state index is 4.36. The number of fused-ring (bicyclic) bond motifs is 7. The Morgan fingerprint density at radius 2 is 1.11 bits per heavy atom. The van der Waals surface area contributed by atoms with Crippen molar-refractivity contribution < 1.29 is 0 Å². The summed E-state index contributed by atoms with van der Waals surface area (Å²) in [5.41, 5.74) is 8.92. The molecule has 1 atom stereocenters. The van der Waals surface area contributed by atoms with Gasteiger partial charge >= 0.3 is 0 Å². The Kier molecular flexibility index (Phi) is 10.7. The molecule has 0 N–H and O–H groups in total. The number of hydrogen-bond donors (Lipinski definition) is 0. The molecule has 0 aliphatic heterocycles. The molecule has 8 aromatic rings. The van der Waals surface area contributed by atoms with E-state index in [0.717, 1.165) is 12.8 Å². The molecule has 56 heavy (non-hydrogen) atoms. The van der Waals surface area contributed by atoms with Gasteiger partial charge in [0.2, 0.25) is 0 Å². The zero-order valence-electron chi connectivity index (χ0n) is 32.7. The monoisotopic (exact) mass is 720 g/mol. The fraction of sp³-hybridized carbons (Fsp3) is 0.107. The Morgan fingerprint density at radius 1 is 0.518 bits per heavy atom. The molecule has 0 nitrogen and oxygen atoms in total. The minimum Gasteiger partial charge on any atom is -0.0984 e. The van der Waals surface area contributed by atoms with Crippen LogP contribution in [0.5, 0.6) is 0 Å². The predicted molar refractivity (Wildman–Crippen MR) is 246 cm³/mol. The van der Waals surface area contributed by atoms with Gasteiger partial charge in [-0.15, -0.1) is 0 Å². The Hall–Kier alpha value is -6.50. The number of rotatable bonds is 6. The minimum atomic E-state index is 0.264. The molecular weight excluding hydrogens is 673 g/mol. The molecular formula is C56H48. The normalized spacial score (nSPS) is 16.6. The van der Waals surface area contributed by atoms with Crippen LogP contribution in [0.15, 0.2) is 189 Å². The molecule has 272 valence electrons. The Morgan fingerprint density at radius 3 is 1.84 bits per heavy atom. The molecule has 0 aromatic heterocycles. The van der Waals surface area contributed by atoms with Crippen molar-refractivity contribution >= 4 is 66.4 Å². The highest BCUT2D eigenvalue weighted by Crippen LogP contribution is 2.42. The molecule has 0 heterocycles. The van der Waals surface area contributed by atoms with Crippen molar-refractivity contribution in [1.82, 2.24) is 0 Å². The second kappa shape index (κ2) is 16.5. The van der Waals surface area contributed by atoms with Crippen LogP contribution in [0.3, 0.4) is 0 Å². The quantitative estimate of drug-likeness (QED) is 0.150. The van der Waals surface area contributed by atoms with E-state index in [9.17, 15) is 0 Å². The van der Waals surface area contributed by atoms with Crippen molar-refractivity contribution in [3.8, 4) is 0 Å². The molecule has 0 spiro atoms. The van der Waals surface area contributed by atoms with Gasteiger partial charge in [-0.05, 0) is 123 Å². The summed E-state index contributed by atoms with van der Waals surface area (Å²) < 4.78 is 0. The van der Waals surface area contributed by atoms with Crippen LogP contribution in [-0.4, -0.2) is 0 Å². The zero-order valence-corrected chi connectivity index (χ0v) is 32.7. The summed E-state index contributed by atoms with van der Waals surface area (Å²) in [5, 5.41) is 12.6. The van der Waals surface area contributed by atoms with Crippen molar-refractivity contribution in [2.75, 3.05) is 0 Å². The first-order valence-electron chi connectivity index (χ1n) is 20.1. The van der Waals surface area contributed by atoms with Gasteiger partial charge in [-0.3, -0.25) is 0 Å². The van der Waals surface area contributed by atoms with Crippen LogP contribution in [-0.2, 0) is 0 Å². The minimum absolute atomic E-state index is 0.264. The molecule has 1 aliphatic carbocycles. The fourth-order valence-electron chi connectivity index (χ4n) is 8.53. The van der Waals surface area contributed by atoms with E-state index >= 15 is 0 Å². The van der Waals surface area contributed by atoms with Crippen LogP contribution in [0.25, 0.3) is 66.4 Å². The van der Waals surface area contributed by atoms with Gasteiger partial charge in [0.25, 0.3) is 0 Å². The second-order valence-electron chi connectivity index (χ2n) is 14.4. The zero-order chi connectivity index (χ0) is 38.4. The van der Waals surface area contributed by atoms with E-state index in [1.165, 1.54) is 92.5 Å². The van der Waals surface area contributed by atoms with Crippen molar-refractivity contribution in [3.05, 3.63) is 227 Å². The molecule has 1 aliphatic rings. The van der Waals surface area contributed by atoms with Crippen LogP contribution in [0.1, 0.15) is 67.3 Å². The maximum Gasteiger partial charge on any atom is -0.000710 e. The van der Waals surface area contributed by atoms with Crippen LogP contribution in [0.2, 0.25) is 0 Å². The SMILES string of the molecule is C=Cc1c(/C=C\C(C)c2ccccc2)c2c3ccccc3c(/C3=c4\cccc\c4=C(/c4ccc5ccccc5c4)C/C=C\C=C/C3)cc2c2ccccc12.CC. The third kappa shape index (κ3) is 6.84. The highest BCUT2D eigenvalue weighted by Gasteiger charge is 2.18. The smallest absolute Gasteiger partial charge is 0.000710 e. The predicted octanol–water partition coefficient (Wildman–Crippen LogP) is 14.1. The van der Waals surface area contributed by atoms with Crippen molar-refractivity contribution in [1.29, 1.82) is 0 Å². The highest BCUT2D eigenvalue weighted by molar-refractivity contribution is 6.24. The van der Waals surface area contributed by atoms with Crippen LogP contribution in [0.4, 0.5) is 0 Å². The Bertz CT molecular complexity index is 2950. The average molecular weight is 721 g/mol. The molecule has 8 aromatic carbocycles. The summed E-state index contributed by atoms with van der Waals surface area (Å²) >= 11 is 0. The molecule has 0 saturated heterocycles. The summed E-state index contributed by atoms with van der Waals surface area (Å²) in [4.78, 5) is 0. The maximum absolute atomic E-state index is 4.36. The van der Waals surface area contributed by atoms with Gasteiger partial charge in [0.15, 0.2) is 0 Å². The molecule has 0 fully saturated rings. The first-order chi connectivity index (χ1) is 27.7.